The molecule has 2 aromatic heterocycles. The fourth-order valence-corrected chi connectivity index (χ4v) is 2.05. The van der Waals surface area contributed by atoms with Crippen LogP contribution in [-0.2, 0) is 6.54 Å². The van der Waals surface area contributed by atoms with E-state index in [4.69, 9.17) is 4.42 Å². The van der Waals surface area contributed by atoms with E-state index in [1.807, 2.05) is 42.0 Å². The first kappa shape index (κ1) is 13.2. The first-order valence-electron chi connectivity index (χ1n) is 6.65. The Bertz CT molecular complexity index is 757. The van der Waals surface area contributed by atoms with E-state index in [1.165, 1.54) is 6.21 Å². The molecule has 1 aromatic carbocycles. The van der Waals surface area contributed by atoms with Crippen LogP contribution in [0.2, 0.25) is 0 Å². The molecular weight excluding hydrogens is 266 g/mol. The van der Waals surface area contributed by atoms with Gasteiger partial charge in [0.1, 0.15) is 11.6 Å². The van der Waals surface area contributed by atoms with Gasteiger partial charge in [-0.05, 0) is 19.1 Å². The second kappa shape index (κ2) is 5.66. The van der Waals surface area contributed by atoms with Crippen LogP contribution in [0.5, 0.6) is 0 Å². The first-order valence-corrected chi connectivity index (χ1v) is 6.65. The summed E-state index contributed by atoms with van der Waals surface area (Å²) >= 11 is 0. The Morgan fingerprint density at radius 2 is 2.05 bits per heavy atom. The van der Waals surface area contributed by atoms with Crippen LogP contribution in [0.1, 0.15) is 17.3 Å². The van der Waals surface area contributed by atoms with E-state index in [2.05, 4.69) is 4.98 Å². The molecule has 0 amide bonds. The molecule has 5 heteroatoms. The largest absolute Gasteiger partial charge is 0.618 e. The van der Waals surface area contributed by atoms with Crippen molar-refractivity contribution in [1.82, 2.24) is 9.55 Å². The summed E-state index contributed by atoms with van der Waals surface area (Å²) in [5.41, 5.74) is 0.570. The summed E-state index contributed by atoms with van der Waals surface area (Å²) < 4.78 is 8.44. The maximum Gasteiger partial charge on any atom is 0.223 e. The van der Waals surface area contributed by atoms with Gasteiger partial charge in [0.2, 0.25) is 11.9 Å². The van der Waals surface area contributed by atoms with Gasteiger partial charge in [0.25, 0.3) is 0 Å². The van der Waals surface area contributed by atoms with Crippen molar-refractivity contribution in [2.45, 2.75) is 13.5 Å². The second-order valence-electron chi connectivity index (χ2n) is 4.70. The van der Waals surface area contributed by atoms with Gasteiger partial charge in [-0.3, -0.25) is 0 Å². The lowest BCUT2D eigenvalue weighted by molar-refractivity contribution is -0.354. The number of aryl methyl sites for hydroxylation is 1. The third-order valence-corrected chi connectivity index (χ3v) is 3.19. The Balaban J connectivity index is 1.78. The standard InChI is InChI=1S/C16H15N3O2/c1-13-17-9-10-18(13)11-15-7-8-16(21-15)12-19(20)14-5-3-2-4-6-14/h2-10,12H,11H2,1H3. The van der Waals surface area contributed by atoms with Crippen molar-refractivity contribution in [3.05, 3.63) is 77.4 Å². The summed E-state index contributed by atoms with van der Waals surface area (Å²) in [5.74, 6) is 2.23. The highest BCUT2D eigenvalue weighted by atomic mass is 16.5. The smallest absolute Gasteiger partial charge is 0.223 e. The van der Waals surface area contributed by atoms with E-state index >= 15 is 0 Å². The molecule has 0 radical (unpaired) electrons. The number of nitrogens with zero attached hydrogens (tertiary/aromatic N) is 3. The molecule has 0 unspecified atom stereocenters. The van der Waals surface area contributed by atoms with E-state index in [0.717, 1.165) is 16.3 Å². The molecule has 3 rings (SSSR count). The summed E-state index contributed by atoms with van der Waals surface area (Å²) in [6.07, 6.45) is 5.07. The summed E-state index contributed by atoms with van der Waals surface area (Å²) in [7, 11) is 0. The first-order chi connectivity index (χ1) is 10.2. The van der Waals surface area contributed by atoms with Crippen LogP contribution >= 0.6 is 0 Å². The van der Waals surface area contributed by atoms with Gasteiger partial charge < -0.3 is 14.2 Å². The zero-order valence-electron chi connectivity index (χ0n) is 11.6. The Morgan fingerprint density at radius 1 is 1.24 bits per heavy atom. The summed E-state index contributed by atoms with van der Waals surface area (Å²) in [5, 5.41) is 12.0. The Morgan fingerprint density at radius 3 is 2.76 bits per heavy atom. The fourth-order valence-electron chi connectivity index (χ4n) is 2.05. The Labute approximate surface area is 122 Å². The molecule has 0 aliphatic carbocycles. The van der Waals surface area contributed by atoms with Crippen molar-refractivity contribution in [3.8, 4) is 0 Å². The van der Waals surface area contributed by atoms with Crippen molar-refractivity contribution >= 4 is 11.9 Å². The molecule has 5 nitrogen and oxygen atoms in total. The minimum Gasteiger partial charge on any atom is -0.618 e. The van der Waals surface area contributed by atoms with E-state index in [1.54, 1.807) is 24.4 Å². The predicted molar refractivity (Wildman–Crippen MR) is 79.7 cm³/mol. The highest BCUT2D eigenvalue weighted by Gasteiger charge is 2.07. The molecule has 3 aromatic rings. The fraction of sp³-hybridized carbons (Fsp3) is 0.125. The number of para-hydroxylation sites is 1. The van der Waals surface area contributed by atoms with Gasteiger partial charge in [0.15, 0.2) is 5.76 Å². The summed E-state index contributed by atoms with van der Waals surface area (Å²) in [4.78, 5) is 4.16. The van der Waals surface area contributed by atoms with Gasteiger partial charge in [-0.2, -0.15) is 4.74 Å². The van der Waals surface area contributed by atoms with Gasteiger partial charge >= 0.3 is 0 Å². The predicted octanol–water partition coefficient (Wildman–Crippen LogP) is 3.09. The molecule has 0 N–H and O–H groups in total. The van der Waals surface area contributed by atoms with Gasteiger partial charge in [0, 0.05) is 24.5 Å². The van der Waals surface area contributed by atoms with Crippen LogP contribution in [0.4, 0.5) is 5.69 Å². The van der Waals surface area contributed by atoms with Crippen molar-refractivity contribution in [3.63, 3.8) is 0 Å². The lowest BCUT2D eigenvalue weighted by Gasteiger charge is -2.02. The number of imidazole rings is 1. The summed E-state index contributed by atoms with van der Waals surface area (Å²) in [6, 6.07) is 12.7. The summed E-state index contributed by atoms with van der Waals surface area (Å²) in [6.45, 7) is 2.54. The van der Waals surface area contributed by atoms with Gasteiger partial charge in [-0.1, -0.05) is 18.2 Å². The van der Waals surface area contributed by atoms with Crippen LogP contribution in [0.3, 0.4) is 0 Å². The lowest BCUT2D eigenvalue weighted by atomic mass is 10.3. The zero-order chi connectivity index (χ0) is 14.7. The molecule has 0 fully saturated rings. The second-order valence-corrected chi connectivity index (χ2v) is 4.70. The van der Waals surface area contributed by atoms with Gasteiger partial charge in [-0.25, -0.2) is 4.98 Å². The lowest BCUT2D eigenvalue weighted by Crippen LogP contribution is -2.00. The van der Waals surface area contributed by atoms with Crippen LogP contribution in [0.15, 0.2) is 59.3 Å². The number of furan rings is 1. The van der Waals surface area contributed by atoms with E-state index in [0.29, 0.717) is 18.0 Å². The molecule has 0 aliphatic heterocycles. The number of benzene rings is 1. The number of rotatable bonds is 4. The molecule has 0 atom stereocenters. The van der Waals surface area contributed by atoms with Crippen molar-refractivity contribution in [2.75, 3.05) is 0 Å². The molecule has 106 valence electrons. The van der Waals surface area contributed by atoms with Gasteiger partial charge in [0.05, 0.1) is 6.54 Å². The quantitative estimate of drug-likeness (QED) is 0.319. The van der Waals surface area contributed by atoms with Crippen LogP contribution < -0.4 is 0 Å². The molecular formula is C16H15N3O2. The third kappa shape index (κ3) is 3.02. The highest BCUT2D eigenvalue weighted by Crippen LogP contribution is 2.12. The minimum absolute atomic E-state index is 0.529. The van der Waals surface area contributed by atoms with Crippen molar-refractivity contribution in [2.24, 2.45) is 0 Å². The molecule has 0 saturated heterocycles. The van der Waals surface area contributed by atoms with Crippen LogP contribution in [-0.4, -0.2) is 20.5 Å². The van der Waals surface area contributed by atoms with Crippen LogP contribution in [0, 0.1) is 12.1 Å². The maximum atomic E-state index is 12.0. The Hall–Kier alpha value is -2.82. The number of hydrogen-bond donors (Lipinski definition) is 0. The zero-order valence-corrected chi connectivity index (χ0v) is 11.6. The molecule has 0 bridgehead atoms. The van der Waals surface area contributed by atoms with Crippen LogP contribution in [0.25, 0.3) is 0 Å². The molecule has 2 heterocycles. The SMILES string of the molecule is Cc1nccn1Cc1ccc(C=[N+]([O-])c2ccccc2)o1. The van der Waals surface area contributed by atoms with E-state index in [9.17, 15) is 5.21 Å². The number of hydrogen-bond acceptors (Lipinski definition) is 3. The minimum atomic E-state index is 0.529. The molecule has 21 heavy (non-hydrogen) atoms. The van der Waals surface area contributed by atoms with Crippen molar-refractivity contribution < 1.29 is 9.16 Å². The maximum absolute atomic E-state index is 12.0. The Kier molecular flexibility index (Phi) is 3.55. The third-order valence-electron chi connectivity index (χ3n) is 3.19. The highest BCUT2D eigenvalue weighted by molar-refractivity contribution is 5.72. The number of aromatic nitrogens is 2. The van der Waals surface area contributed by atoms with Gasteiger partial charge in [-0.15, -0.1) is 0 Å². The topological polar surface area (TPSA) is 57.0 Å². The monoisotopic (exact) mass is 281 g/mol. The molecule has 0 spiro atoms. The molecule has 0 saturated carbocycles. The van der Waals surface area contributed by atoms with Crippen molar-refractivity contribution in [1.29, 1.82) is 0 Å². The molecule has 0 aliphatic rings. The van der Waals surface area contributed by atoms with E-state index < -0.39 is 0 Å². The average Bonchev–Trinajstić information content (AvgIpc) is 3.10. The normalized spacial score (nSPS) is 11.8. The van der Waals surface area contributed by atoms with E-state index in [-0.39, 0.29) is 0 Å². The average molecular weight is 281 g/mol.